The third-order valence-electron chi connectivity index (χ3n) is 29.9. The molecule has 700 valence electrons. The minimum atomic E-state index is -2.29. The second kappa shape index (κ2) is 36.9. The number of esters is 2. The van der Waals surface area contributed by atoms with Crippen LogP contribution in [0.5, 0.6) is 0 Å². The Balaban J connectivity index is 0.792. The van der Waals surface area contributed by atoms with Crippen LogP contribution < -0.4 is 0 Å². The molecular formula is C80H128O42. The molecule has 13 rings (SSSR count). The summed E-state index contributed by atoms with van der Waals surface area (Å²) in [4.78, 5) is 44.5. The van der Waals surface area contributed by atoms with Gasteiger partial charge in [0.05, 0.1) is 88.1 Å². The van der Waals surface area contributed by atoms with Gasteiger partial charge in [0.1, 0.15) is 158 Å². The van der Waals surface area contributed by atoms with Gasteiger partial charge in [-0.15, -0.1) is 0 Å². The highest BCUT2D eigenvalue weighted by Gasteiger charge is 2.75. The molecule has 8 heterocycles. The fourth-order valence-electron chi connectivity index (χ4n) is 22.3. The molecule has 0 radical (unpaired) electrons. The van der Waals surface area contributed by atoms with Gasteiger partial charge in [-0.05, 0) is 105 Å². The number of carbonyl (C=O) groups excluding carboxylic acids is 3. The van der Waals surface area contributed by atoms with Gasteiger partial charge in [0.25, 0.3) is 0 Å². The zero-order chi connectivity index (χ0) is 89.2. The van der Waals surface area contributed by atoms with Crippen molar-refractivity contribution in [2.75, 3.05) is 46.2 Å². The van der Waals surface area contributed by atoms with Crippen LogP contribution in [-0.4, -0.2) is 416 Å². The molecule has 0 spiro atoms. The summed E-state index contributed by atoms with van der Waals surface area (Å²) in [6, 6.07) is 0. The fraction of sp³-hybridized carbons (Fsp3) is 0.938. The zero-order valence-corrected chi connectivity index (χ0v) is 69.7. The Hall–Kier alpha value is -3.13. The molecule has 0 aromatic heterocycles. The van der Waals surface area contributed by atoms with Gasteiger partial charge in [-0.2, -0.15) is 0 Å². The number of rotatable bonds is 24. The molecule has 42 heteroatoms. The van der Waals surface area contributed by atoms with E-state index < -0.39 is 347 Å². The first-order chi connectivity index (χ1) is 57.3. The molecule has 0 amide bonds. The van der Waals surface area contributed by atoms with Crippen molar-refractivity contribution in [3.63, 3.8) is 0 Å². The van der Waals surface area contributed by atoms with E-state index in [0.717, 1.165) is 11.9 Å². The maximum Gasteiger partial charge on any atom is 0.320 e. The van der Waals surface area contributed by atoms with Gasteiger partial charge in [-0.1, -0.05) is 67.0 Å². The van der Waals surface area contributed by atoms with E-state index >= 15 is 4.79 Å². The predicted octanol–water partition coefficient (Wildman–Crippen LogP) is -8.05. The molecule has 4 saturated carbocycles. The van der Waals surface area contributed by atoms with Crippen LogP contribution in [0.3, 0.4) is 0 Å². The van der Waals surface area contributed by atoms with E-state index in [0.29, 0.717) is 25.7 Å². The molecule has 8 saturated heterocycles. The van der Waals surface area contributed by atoms with E-state index in [1.807, 2.05) is 26.8 Å². The van der Waals surface area contributed by atoms with E-state index in [9.17, 15) is 122 Å². The van der Waals surface area contributed by atoms with E-state index in [1.54, 1.807) is 20.8 Å². The van der Waals surface area contributed by atoms with Gasteiger partial charge in [0.2, 0.25) is 6.29 Å². The largest absolute Gasteiger partial charge is 0.457 e. The summed E-state index contributed by atoms with van der Waals surface area (Å²) >= 11 is 0. The summed E-state index contributed by atoms with van der Waals surface area (Å²) in [5.74, 6) is -4.62. The van der Waals surface area contributed by atoms with Crippen LogP contribution in [0, 0.1) is 56.2 Å². The highest BCUT2D eigenvalue weighted by Crippen LogP contribution is 2.76. The third kappa shape index (κ3) is 16.8. The zero-order valence-electron chi connectivity index (χ0n) is 69.7. The quantitative estimate of drug-likeness (QED) is 0.0185. The summed E-state index contributed by atoms with van der Waals surface area (Å²) in [6.07, 6.45) is -65.1. The second-order valence-corrected chi connectivity index (χ2v) is 37.9. The van der Waals surface area contributed by atoms with Crippen LogP contribution in [0.25, 0.3) is 0 Å². The highest BCUT2D eigenvalue weighted by atomic mass is 16.8. The molecule has 0 bridgehead atoms. The van der Waals surface area contributed by atoms with Gasteiger partial charge < -0.3 is 198 Å². The van der Waals surface area contributed by atoms with Crippen LogP contribution in [0.1, 0.15) is 127 Å². The molecule has 0 aromatic carbocycles. The van der Waals surface area contributed by atoms with Crippen LogP contribution in [0.2, 0.25) is 0 Å². The Labute approximate surface area is 703 Å². The maximum atomic E-state index is 16.4. The summed E-state index contributed by atoms with van der Waals surface area (Å²) in [5, 5.41) is 248. The molecule has 12 fully saturated rings. The number of aliphatic hydroxyl groups is 22. The molecule has 48 atom stereocenters. The van der Waals surface area contributed by atoms with Crippen molar-refractivity contribution in [1.29, 1.82) is 0 Å². The fourth-order valence-corrected chi connectivity index (χ4v) is 22.3. The normalized spacial score (nSPS) is 53.6. The third-order valence-corrected chi connectivity index (χ3v) is 29.9. The van der Waals surface area contributed by atoms with E-state index in [2.05, 4.69) is 13.8 Å². The monoisotopic (exact) mass is 1760 g/mol. The molecule has 13 aliphatic rings. The summed E-state index contributed by atoms with van der Waals surface area (Å²) in [6.45, 7) is 12.3. The van der Waals surface area contributed by atoms with Gasteiger partial charge in [0.15, 0.2) is 56.2 Å². The van der Waals surface area contributed by atoms with E-state index in [1.165, 1.54) is 13.8 Å². The van der Waals surface area contributed by atoms with Gasteiger partial charge in [0, 0.05) is 5.92 Å². The number of carbonyl (C=O) groups is 3. The number of aliphatic hydroxyl groups excluding tert-OH is 21. The lowest BCUT2D eigenvalue weighted by Crippen LogP contribution is -2.71. The average molecular weight is 1760 g/mol. The Kier molecular flexibility index (Phi) is 29.2. The van der Waals surface area contributed by atoms with Gasteiger partial charge in [-0.3, -0.25) is 9.59 Å². The van der Waals surface area contributed by atoms with E-state index in [4.69, 9.17) is 80.5 Å². The maximum absolute atomic E-state index is 16.4. The van der Waals surface area contributed by atoms with Crippen LogP contribution in [-0.2, 0) is 94.9 Å². The van der Waals surface area contributed by atoms with Crippen molar-refractivity contribution in [2.24, 2.45) is 56.2 Å². The Bertz CT molecular complexity index is 3590. The predicted molar refractivity (Wildman–Crippen MR) is 399 cm³/mol. The first-order valence-corrected chi connectivity index (χ1v) is 42.4. The van der Waals surface area contributed by atoms with Crippen molar-refractivity contribution in [3.8, 4) is 0 Å². The number of hydrogen-bond donors (Lipinski definition) is 22. The van der Waals surface area contributed by atoms with Crippen molar-refractivity contribution >= 4 is 18.2 Å². The van der Waals surface area contributed by atoms with Crippen LogP contribution in [0.4, 0.5) is 0 Å². The first kappa shape index (κ1) is 96.4. The number of hydrogen-bond acceptors (Lipinski definition) is 42. The molecule has 0 unspecified atom stereocenters. The lowest BCUT2D eigenvalue weighted by atomic mass is 9.33. The lowest BCUT2D eigenvalue weighted by Gasteiger charge is -2.71. The second-order valence-electron chi connectivity index (χ2n) is 37.9. The number of aldehydes is 1. The van der Waals surface area contributed by atoms with Crippen LogP contribution >= 0.6 is 0 Å². The summed E-state index contributed by atoms with van der Waals surface area (Å²) in [7, 11) is 0. The standard InChI is InChI=1S/C80H128O42/c1-11-29(2)64(103)115-56-30(3)110-70(61(53(56)99)120-69-55(101)60(119-67-51(97)48(94)45(91)36(21-81)111-67)57(31(4)109-69)116-66-54(100)58(35(87)25-107-66)117-72-63(102)79(105,27-85)28-108-72)122-73(104)80-33(18-74(5,6)19-41(80)88)32-12-13-40-75(7)16-15-43(76(8,26-84)39(75)14-17-77(40,9)78(32,10)20-42(80)89)114-71-62(121-68-52(98)49(95)46(92)37(22-82)112-68)59(47(93)38(23-83)113-71)118-65-50(96)44(90)34(86)24-106-65/h12,26,29-31,33-63,65-72,81-83,85-102,105H,11,13-25,27-28H2,1-10H3/t29-,30+,31-,33-,34+,35+,36+,37+,38+,39+,40+,41+,42+,43-,44-,45+,46-,47+,48-,49-,50+,51+,52+,53-,54+,55+,56-,57-,58-,59-,60-,61+,62+,63-,65-,66-,67-,68-,69-,70-,71-,72-,75-,76-,77+,78+,79+,80-/m0/s1. The molecule has 22 N–H and O–H groups in total. The lowest BCUT2D eigenvalue weighted by molar-refractivity contribution is -0.396. The Morgan fingerprint density at radius 3 is 1.60 bits per heavy atom. The molecule has 42 nitrogen and oxygen atoms in total. The SMILES string of the molecule is CC[C@H](C)C(=O)O[C@@H]1[C@H](O)[C@@H](O[C@@H]2O[C@@H](C)[C@H](O[C@@H]3OC[C@@H](O)[C@H](O[C@@H]4OC[C@](O)(CO)[C@H]4O)[C@H]3O)[C@@H](O[C@@H]3O[C@H](CO)[C@@H](O)[C@H](O)[C@H]3O)[C@H]2O)[C@H](OC(=O)[C@]23[C@H](O)CC(C)(C)C[C@H]2C2=CC[C@@H]4[C@@]5(C)CC[C@H](O[C@@H]6O[C@H](CO)[C@@H](O)[C@H](O[C@@H]7OC[C@@H](O)[C@H](O)[C@H]7O)[C@H]6O[C@@H]6O[C@H](CO)[C@H](O)[C@H](O)[C@H]6O)[C@@](C)(C=O)[C@@H]5CC[C@@]4(C)[C@]2(C)C[C@H]3O)O[C@@H]1C. The smallest absolute Gasteiger partial charge is 0.320 e. The number of ether oxygens (including phenoxy) is 17. The molecule has 122 heavy (non-hydrogen) atoms. The molecular weight excluding hydrogens is 1630 g/mol. The van der Waals surface area contributed by atoms with Crippen molar-refractivity contribution < 1.29 is 207 Å². The van der Waals surface area contributed by atoms with Gasteiger partial charge in [-0.25, -0.2) is 0 Å². The topological polar surface area (TPSA) is 653 Å². The van der Waals surface area contributed by atoms with Crippen molar-refractivity contribution in [2.45, 2.75) is 366 Å². The Morgan fingerprint density at radius 2 is 1.00 bits per heavy atom. The first-order valence-electron chi connectivity index (χ1n) is 42.4. The van der Waals surface area contributed by atoms with Crippen molar-refractivity contribution in [3.05, 3.63) is 11.6 Å². The van der Waals surface area contributed by atoms with Crippen molar-refractivity contribution in [1.82, 2.24) is 0 Å². The van der Waals surface area contributed by atoms with E-state index in [-0.39, 0.29) is 38.0 Å². The Morgan fingerprint density at radius 1 is 0.492 bits per heavy atom. The summed E-state index contributed by atoms with van der Waals surface area (Å²) < 4.78 is 104. The number of allylic oxidation sites excluding steroid dienone is 2. The van der Waals surface area contributed by atoms with Gasteiger partial charge >= 0.3 is 11.9 Å². The summed E-state index contributed by atoms with van der Waals surface area (Å²) in [5.41, 5.74) is -8.49. The molecule has 0 aromatic rings. The molecule has 8 aliphatic heterocycles. The number of fused-ring (bicyclic) bond motifs is 7. The minimum absolute atomic E-state index is 0.0666. The average Bonchev–Trinajstić information content (AvgIpc) is 0.666. The highest BCUT2D eigenvalue weighted by molar-refractivity contribution is 5.81. The minimum Gasteiger partial charge on any atom is -0.457 e. The van der Waals surface area contributed by atoms with Crippen LogP contribution in [0.15, 0.2) is 11.6 Å². The molecule has 5 aliphatic carbocycles.